The van der Waals surface area contributed by atoms with E-state index in [9.17, 15) is 4.79 Å². The summed E-state index contributed by atoms with van der Waals surface area (Å²) >= 11 is 0. The molecule has 5 rings (SSSR count). The van der Waals surface area contributed by atoms with Crippen LogP contribution in [0, 0.1) is 34.5 Å². The van der Waals surface area contributed by atoms with E-state index in [0.29, 0.717) is 29.5 Å². The van der Waals surface area contributed by atoms with Crippen LogP contribution in [-0.4, -0.2) is 23.8 Å². The molecule has 1 aliphatic heterocycles. The second-order valence-electron chi connectivity index (χ2n) is 10.3. The summed E-state index contributed by atoms with van der Waals surface area (Å²) in [5.41, 5.74) is 0.173. The largest absolute Gasteiger partial charge is 0.344 e. The molecule has 0 radical (unpaired) electrons. The highest BCUT2D eigenvalue weighted by molar-refractivity contribution is 5.87. The standard InChI is InChI=1S/C22H32O3/c1-20(2)24-18-15-7-5-6-11-21(15,3)14-10-12-22(4)13(8-9-16(22)23)17(14)19(18)25-20/h5,7,13-15,17-19H,6,8-12H2,1-4H3/t13?,14?,15?,17?,18-,19-,21-,22+/m1/s1. The Morgan fingerprint density at radius 1 is 1.00 bits per heavy atom. The molecular formula is C22H32O3. The maximum absolute atomic E-state index is 12.7. The summed E-state index contributed by atoms with van der Waals surface area (Å²) in [5.74, 6) is 2.06. The molecule has 4 unspecified atom stereocenters. The summed E-state index contributed by atoms with van der Waals surface area (Å²) in [6.45, 7) is 8.87. The SMILES string of the molecule is CC1(C)O[C@@H]2C3C(CC[C@]4(C)C(=O)CCC34)[C@@]3(C)CCC=CC3[C@H]2O1. The van der Waals surface area contributed by atoms with E-state index in [2.05, 4.69) is 39.8 Å². The quantitative estimate of drug-likeness (QED) is 0.607. The van der Waals surface area contributed by atoms with Gasteiger partial charge in [-0.25, -0.2) is 0 Å². The van der Waals surface area contributed by atoms with Gasteiger partial charge in [0.05, 0.1) is 12.2 Å². The van der Waals surface area contributed by atoms with Gasteiger partial charge < -0.3 is 9.47 Å². The zero-order chi connectivity index (χ0) is 17.6. The fourth-order valence-corrected chi connectivity index (χ4v) is 7.53. The molecule has 138 valence electrons. The van der Waals surface area contributed by atoms with Crippen LogP contribution in [0.1, 0.15) is 66.2 Å². The first-order valence-corrected chi connectivity index (χ1v) is 10.3. The Labute approximate surface area is 151 Å². The van der Waals surface area contributed by atoms with E-state index in [1.54, 1.807) is 0 Å². The summed E-state index contributed by atoms with van der Waals surface area (Å²) < 4.78 is 13.0. The van der Waals surface area contributed by atoms with Gasteiger partial charge in [-0.15, -0.1) is 0 Å². The molecule has 4 fully saturated rings. The Bertz CT molecular complexity index is 637. The monoisotopic (exact) mass is 344 g/mol. The van der Waals surface area contributed by atoms with Crippen LogP contribution in [0.2, 0.25) is 0 Å². The fourth-order valence-electron chi connectivity index (χ4n) is 7.53. The van der Waals surface area contributed by atoms with E-state index in [-0.39, 0.29) is 23.0 Å². The summed E-state index contributed by atoms with van der Waals surface area (Å²) in [7, 11) is 0. The molecule has 3 nitrogen and oxygen atoms in total. The first-order valence-electron chi connectivity index (χ1n) is 10.3. The Balaban J connectivity index is 1.62. The second-order valence-corrected chi connectivity index (χ2v) is 10.3. The molecule has 0 spiro atoms. The van der Waals surface area contributed by atoms with Crippen LogP contribution in [0.5, 0.6) is 0 Å². The predicted molar refractivity (Wildman–Crippen MR) is 95.8 cm³/mol. The topological polar surface area (TPSA) is 35.5 Å². The molecule has 4 aliphatic carbocycles. The third-order valence-corrected chi connectivity index (χ3v) is 8.74. The van der Waals surface area contributed by atoms with Crippen molar-refractivity contribution < 1.29 is 14.3 Å². The summed E-state index contributed by atoms with van der Waals surface area (Å²) in [6, 6.07) is 0. The van der Waals surface area contributed by atoms with E-state index in [0.717, 1.165) is 19.3 Å². The lowest BCUT2D eigenvalue weighted by atomic mass is 9.45. The van der Waals surface area contributed by atoms with Crippen LogP contribution >= 0.6 is 0 Å². The molecule has 1 saturated heterocycles. The minimum atomic E-state index is -0.507. The molecule has 0 aromatic heterocycles. The molecule has 0 amide bonds. The first kappa shape index (κ1) is 16.5. The van der Waals surface area contributed by atoms with Gasteiger partial charge in [0.25, 0.3) is 0 Å². The number of carbonyl (C=O) groups excluding carboxylic acids is 1. The van der Waals surface area contributed by atoms with Crippen LogP contribution < -0.4 is 0 Å². The van der Waals surface area contributed by atoms with Crippen molar-refractivity contribution in [1.29, 1.82) is 0 Å². The second kappa shape index (κ2) is 4.98. The fraction of sp³-hybridized carbons (Fsp3) is 0.864. The number of ketones is 1. The lowest BCUT2D eigenvalue weighted by Gasteiger charge is -2.61. The molecule has 0 bridgehead atoms. The van der Waals surface area contributed by atoms with Crippen LogP contribution in [0.4, 0.5) is 0 Å². The average Bonchev–Trinajstić information content (AvgIpc) is 3.03. The zero-order valence-corrected chi connectivity index (χ0v) is 16.1. The number of rotatable bonds is 0. The lowest BCUT2D eigenvalue weighted by Crippen LogP contribution is -2.61. The van der Waals surface area contributed by atoms with Crippen LogP contribution in [0.15, 0.2) is 12.2 Å². The van der Waals surface area contributed by atoms with E-state index in [1.807, 2.05) is 0 Å². The smallest absolute Gasteiger partial charge is 0.163 e. The Hall–Kier alpha value is -0.670. The molecule has 0 aromatic rings. The lowest BCUT2D eigenvalue weighted by molar-refractivity contribution is -0.167. The van der Waals surface area contributed by atoms with E-state index >= 15 is 0 Å². The zero-order valence-electron chi connectivity index (χ0n) is 16.1. The van der Waals surface area contributed by atoms with Crippen molar-refractivity contribution in [2.45, 2.75) is 84.2 Å². The molecule has 3 heteroatoms. The number of allylic oxidation sites excluding steroid dienone is 1. The summed E-state index contributed by atoms with van der Waals surface area (Å²) in [4.78, 5) is 12.7. The number of fused-ring (bicyclic) bond motifs is 8. The van der Waals surface area contributed by atoms with Gasteiger partial charge in [0.1, 0.15) is 5.78 Å². The third-order valence-electron chi connectivity index (χ3n) is 8.74. The third kappa shape index (κ3) is 2.03. The van der Waals surface area contributed by atoms with Crippen LogP contribution in [-0.2, 0) is 14.3 Å². The maximum atomic E-state index is 12.7. The van der Waals surface area contributed by atoms with Gasteiger partial charge in [-0.05, 0) is 69.1 Å². The minimum Gasteiger partial charge on any atom is -0.344 e. The highest BCUT2D eigenvalue weighted by Gasteiger charge is 2.67. The van der Waals surface area contributed by atoms with E-state index in [1.165, 1.54) is 19.3 Å². The Kier molecular flexibility index (Phi) is 3.29. The van der Waals surface area contributed by atoms with Crippen LogP contribution in [0.25, 0.3) is 0 Å². The molecule has 0 N–H and O–H groups in total. The first-order chi connectivity index (χ1) is 11.8. The number of carbonyl (C=O) groups is 1. The van der Waals surface area contributed by atoms with Gasteiger partial charge in [-0.3, -0.25) is 4.79 Å². The van der Waals surface area contributed by atoms with E-state index < -0.39 is 5.79 Å². The minimum absolute atomic E-state index is 0.116. The van der Waals surface area contributed by atoms with Crippen molar-refractivity contribution in [1.82, 2.24) is 0 Å². The van der Waals surface area contributed by atoms with Gasteiger partial charge in [-0.2, -0.15) is 0 Å². The summed E-state index contributed by atoms with van der Waals surface area (Å²) in [5, 5.41) is 0. The average molecular weight is 344 g/mol. The Morgan fingerprint density at radius 2 is 1.76 bits per heavy atom. The molecular weight excluding hydrogens is 312 g/mol. The number of hydrogen-bond acceptors (Lipinski definition) is 3. The van der Waals surface area contributed by atoms with Crippen LogP contribution in [0.3, 0.4) is 0 Å². The highest BCUT2D eigenvalue weighted by Crippen LogP contribution is 2.67. The highest BCUT2D eigenvalue weighted by atomic mass is 16.8. The van der Waals surface area contributed by atoms with Gasteiger partial charge in [0, 0.05) is 17.8 Å². The van der Waals surface area contributed by atoms with E-state index in [4.69, 9.17) is 9.47 Å². The number of Topliss-reactive ketones (excluding diaryl/α,β-unsaturated/α-hetero) is 1. The molecule has 3 saturated carbocycles. The van der Waals surface area contributed by atoms with Gasteiger partial charge in [0.15, 0.2) is 5.79 Å². The molecule has 0 aromatic carbocycles. The van der Waals surface area contributed by atoms with Crippen molar-refractivity contribution in [3.05, 3.63) is 12.2 Å². The van der Waals surface area contributed by atoms with Crippen molar-refractivity contribution in [2.24, 2.45) is 34.5 Å². The number of ether oxygens (including phenoxy) is 2. The molecule has 1 heterocycles. The van der Waals surface area contributed by atoms with Crippen molar-refractivity contribution >= 4 is 5.78 Å². The van der Waals surface area contributed by atoms with Gasteiger partial charge in [0.2, 0.25) is 0 Å². The Morgan fingerprint density at radius 3 is 2.56 bits per heavy atom. The van der Waals surface area contributed by atoms with Crippen molar-refractivity contribution in [2.75, 3.05) is 0 Å². The normalized spacial score (nSPS) is 56.1. The van der Waals surface area contributed by atoms with Gasteiger partial charge >= 0.3 is 0 Å². The van der Waals surface area contributed by atoms with Crippen molar-refractivity contribution in [3.8, 4) is 0 Å². The maximum Gasteiger partial charge on any atom is 0.163 e. The summed E-state index contributed by atoms with van der Waals surface area (Å²) in [6.07, 6.45) is 11.6. The molecule has 25 heavy (non-hydrogen) atoms. The predicted octanol–water partition coefficient (Wildman–Crippen LogP) is 4.50. The van der Waals surface area contributed by atoms with Crippen molar-refractivity contribution in [3.63, 3.8) is 0 Å². The van der Waals surface area contributed by atoms with Gasteiger partial charge in [-0.1, -0.05) is 26.0 Å². The number of hydrogen-bond donors (Lipinski definition) is 0. The molecule has 5 aliphatic rings. The molecule has 8 atom stereocenters.